The van der Waals surface area contributed by atoms with Crippen molar-refractivity contribution in [2.45, 2.75) is 26.1 Å². The molecule has 3 N–H and O–H groups in total. The molecule has 4 nitrogen and oxygen atoms in total. The van der Waals surface area contributed by atoms with E-state index in [2.05, 4.69) is 5.10 Å². The highest BCUT2D eigenvalue weighted by molar-refractivity contribution is 5.27. The lowest BCUT2D eigenvalue weighted by Crippen LogP contribution is -2.15. The maximum Gasteiger partial charge on any atom is 0.0988 e. The topological polar surface area (TPSA) is 64.1 Å². The summed E-state index contributed by atoms with van der Waals surface area (Å²) in [6.45, 7) is 2.86. The van der Waals surface area contributed by atoms with Gasteiger partial charge >= 0.3 is 0 Å². The van der Waals surface area contributed by atoms with Crippen LogP contribution in [0.25, 0.3) is 0 Å². The molecule has 0 spiro atoms. The SMILES string of the molecule is Cc1ccccc1C(O)Cn1nccc1CN. The second-order valence-electron chi connectivity index (χ2n) is 4.08. The summed E-state index contributed by atoms with van der Waals surface area (Å²) in [5, 5.41) is 14.4. The fourth-order valence-electron chi connectivity index (χ4n) is 1.92. The zero-order valence-electron chi connectivity index (χ0n) is 9.87. The Morgan fingerprint density at radius 2 is 2.12 bits per heavy atom. The smallest absolute Gasteiger partial charge is 0.0988 e. The largest absolute Gasteiger partial charge is 0.386 e. The highest BCUT2D eigenvalue weighted by Gasteiger charge is 2.12. The fourth-order valence-corrected chi connectivity index (χ4v) is 1.92. The normalized spacial score (nSPS) is 12.6. The van der Waals surface area contributed by atoms with Gasteiger partial charge in [0.1, 0.15) is 0 Å². The highest BCUT2D eigenvalue weighted by Crippen LogP contribution is 2.19. The number of aliphatic hydroxyl groups excluding tert-OH is 1. The number of hydrogen-bond donors (Lipinski definition) is 2. The van der Waals surface area contributed by atoms with Crippen LogP contribution in [0.5, 0.6) is 0 Å². The Kier molecular flexibility index (Phi) is 3.56. The summed E-state index contributed by atoms with van der Waals surface area (Å²) < 4.78 is 1.75. The van der Waals surface area contributed by atoms with Crippen molar-refractivity contribution in [3.05, 3.63) is 53.3 Å². The molecule has 0 amide bonds. The molecule has 0 aliphatic rings. The molecule has 1 unspecified atom stereocenters. The van der Waals surface area contributed by atoms with Gasteiger partial charge in [0.15, 0.2) is 0 Å². The monoisotopic (exact) mass is 231 g/mol. The van der Waals surface area contributed by atoms with Gasteiger partial charge in [-0.2, -0.15) is 5.10 Å². The van der Waals surface area contributed by atoms with E-state index in [1.54, 1.807) is 10.9 Å². The molecule has 90 valence electrons. The van der Waals surface area contributed by atoms with Gasteiger partial charge in [0.2, 0.25) is 0 Å². The third-order valence-electron chi connectivity index (χ3n) is 2.91. The van der Waals surface area contributed by atoms with Gasteiger partial charge in [-0.3, -0.25) is 4.68 Å². The Morgan fingerprint density at radius 1 is 1.35 bits per heavy atom. The van der Waals surface area contributed by atoms with Crippen LogP contribution >= 0.6 is 0 Å². The second-order valence-corrected chi connectivity index (χ2v) is 4.08. The number of aliphatic hydroxyl groups is 1. The lowest BCUT2D eigenvalue weighted by Gasteiger charge is -2.15. The molecule has 0 bridgehead atoms. The summed E-state index contributed by atoms with van der Waals surface area (Å²) >= 11 is 0. The predicted octanol–water partition coefficient (Wildman–Crippen LogP) is 1.38. The van der Waals surface area contributed by atoms with Crippen LogP contribution < -0.4 is 5.73 Å². The van der Waals surface area contributed by atoms with E-state index in [9.17, 15) is 5.11 Å². The first-order valence-electron chi connectivity index (χ1n) is 5.66. The number of rotatable bonds is 4. The maximum atomic E-state index is 10.2. The second kappa shape index (κ2) is 5.12. The first-order valence-corrected chi connectivity index (χ1v) is 5.66. The molecule has 0 radical (unpaired) electrons. The molecule has 1 aromatic heterocycles. The van der Waals surface area contributed by atoms with Gasteiger partial charge in [-0.1, -0.05) is 24.3 Å². The van der Waals surface area contributed by atoms with Crippen molar-refractivity contribution in [3.63, 3.8) is 0 Å². The molecule has 1 atom stereocenters. The molecule has 4 heteroatoms. The number of nitrogens with two attached hydrogens (primary N) is 1. The number of aryl methyl sites for hydroxylation is 1. The molecular weight excluding hydrogens is 214 g/mol. The van der Waals surface area contributed by atoms with Crippen LogP contribution in [-0.4, -0.2) is 14.9 Å². The average molecular weight is 231 g/mol. The molecular formula is C13H17N3O. The third kappa shape index (κ3) is 2.54. The van der Waals surface area contributed by atoms with Crippen molar-refractivity contribution in [1.82, 2.24) is 9.78 Å². The third-order valence-corrected chi connectivity index (χ3v) is 2.91. The van der Waals surface area contributed by atoms with Crippen LogP contribution in [0, 0.1) is 6.92 Å². The van der Waals surface area contributed by atoms with E-state index in [4.69, 9.17) is 5.73 Å². The van der Waals surface area contributed by atoms with Crippen molar-refractivity contribution in [3.8, 4) is 0 Å². The van der Waals surface area contributed by atoms with Crippen LogP contribution in [0.1, 0.15) is 22.9 Å². The van der Waals surface area contributed by atoms with Crippen LogP contribution in [-0.2, 0) is 13.1 Å². The summed E-state index contributed by atoms with van der Waals surface area (Å²) in [6, 6.07) is 9.69. The summed E-state index contributed by atoms with van der Waals surface area (Å²) in [7, 11) is 0. The number of aromatic nitrogens is 2. The lowest BCUT2D eigenvalue weighted by molar-refractivity contribution is 0.149. The Balaban J connectivity index is 2.17. The Labute approximate surface area is 101 Å². The van der Waals surface area contributed by atoms with Gasteiger partial charge in [-0.15, -0.1) is 0 Å². The van der Waals surface area contributed by atoms with Gasteiger partial charge in [0, 0.05) is 12.7 Å². The molecule has 17 heavy (non-hydrogen) atoms. The standard InChI is InChI=1S/C13H17N3O/c1-10-4-2-3-5-12(10)13(17)9-16-11(8-14)6-7-15-16/h2-7,13,17H,8-9,14H2,1H3. The van der Waals surface area contributed by atoms with Gasteiger partial charge in [0.25, 0.3) is 0 Å². The first-order chi connectivity index (χ1) is 8.22. The van der Waals surface area contributed by atoms with Gasteiger partial charge in [0.05, 0.1) is 18.3 Å². The molecule has 0 saturated carbocycles. The van der Waals surface area contributed by atoms with E-state index in [0.29, 0.717) is 13.1 Å². The lowest BCUT2D eigenvalue weighted by atomic mass is 10.0. The molecule has 0 aliphatic carbocycles. The molecule has 0 aliphatic heterocycles. The van der Waals surface area contributed by atoms with E-state index in [1.807, 2.05) is 37.3 Å². The number of benzene rings is 1. The minimum Gasteiger partial charge on any atom is -0.386 e. The summed E-state index contributed by atoms with van der Waals surface area (Å²) in [5.74, 6) is 0. The Morgan fingerprint density at radius 3 is 2.82 bits per heavy atom. The zero-order chi connectivity index (χ0) is 12.3. The van der Waals surface area contributed by atoms with Crippen molar-refractivity contribution < 1.29 is 5.11 Å². The Hall–Kier alpha value is -1.65. The maximum absolute atomic E-state index is 10.2. The Bertz CT molecular complexity index is 493. The van der Waals surface area contributed by atoms with Crippen LogP contribution in [0.15, 0.2) is 36.5 Å². The minimum atomic E-state index is -0.554. The van der Waals surface area contributed by atoms with E-state index < -0.39 is 6.10 Å². The summed E-state index contributed by atoms with van der Waals surface area (Å²) in [4.78, 5) is 0. The predicted molar refractivity (Wildman–Crippen MR) is 66.3 cm³/mol. The van der Waals surface area contributed by atoms with E-state index >= 15 is 0 Å². The quantitative estimate of drug-likeness (QED) is 0.835. The summed E-state index contributed by atoms with van der Waals surface area (Å²) in [5.41, 5.74) is 8.55. The van der Waals surface area contributed by atoms with E-state index in [-0.39, 0.29) is 0 Å². The fraction of sp³-hybridized carbons (Fsp3) is 0.308. The van der Waals surface area contributed by atoms with E-state index in [0.717, 1.165) is 16.8 Å². The molecule has 2 aromatic rings. The van der Waals surface area contributed by atoms with Crippen LogP contribution in [0.3, 0.4) is 0 Å². The van der Waals surface area contributed by atoms with Gasteiger partial charge < -0.3 is 10.8 Å². The molecule has 0 fully saturated rings. The van der Waals surface area contributed by atoms with Gasteiger partial charge in [-0.25, -0.2) is 0 Å². The molecule has 0 saturated heterocycles. The van der Waals surface area contributed by atoms with Crippen LogP contribution in [0.4, 0.5) is 0 Å². The van der Waals surface area contributed by atoms with Crippen molar-refractivity contribution in [1.29, 1.82) is 0 Å². The zero-order valence-corrected chi connectivity index (χ0v) is 9.87. The van der Waals surface area contributed by atoms with Crippen LogP contribution in [0.2, 0.25) is 0 Å². The minimum absolute atomic E-state index is 0.431. The van der Waals surface area contributed by atoms with E-state index in [1.165, 1.54) is 0 Å². The number of hydrogen-bond acceptors (Lipinski definition) is 3. The molecule has 1 heterocycles. The average Bonchev–Trinajstić information content (AvgIpc) is 2.76. The first kappa shape index (κ1) is 11.8. The number of nitrogens with zero attached hydrogens (tertiary/aromatic N) is 2. The van der Waals surface area contributed by atoms with Crippen molar-refractivity contribution in [2.75, 3.05) is 0 Å². The van der Waals surface area contributed by atoms with Crippen molar-refractivity contribution in [2.24, 2.45) is 5.73 Å². The van der Waals surface area contributed by atoms with Gasteiger partial charge in [-0.05, 0) is 24.1 Å². The molecule has 2 rings (SSSR count). The highest BCUT2D eigenvalue weighted by atomic mass is 16.3. The summed E-state index contributed by atoms with van der Waals surface area (Å²) in [6.07, 6.45) is 1.15. The molecule has 1 aromatic carbocycles. The van der Waals surface area contributed by atoms with Crippen molar-refractivity contribution >= 4 is 0 Å².